The van der Waals surface area contributed by atoms with E-state index in [9.17, 15) is 14.4 Å². The summed E-state index contributed by atoms with van der Waals surface area (Å²) in [7, 11) is 4.45. The van der Waals surface area contributed by atoms with Crippen LogP contribution in [0.1, 0.15) is 33.6 Å². The molecule has 2 aliphatic rings. The van der Waals surface area contributed by atoms with Gasteiger partial charge in [0.1, 0.15) is 0 Å². The van der Waals surface area contributed by atoms with Crippen molar-refractivity contribution in [2.75, 3.05) is 51.7 Å². The van der Waals surface area contributed by atoms with Crippen LogP contribution in [0.4, 0.5) is 5.69 Å². The van der Waals surface area contributed by atoms with E-state index in [2.05, 4.69) is 19.0 Å². The van der Waals surface area contributed by atoms with Crippen LogP contribution in [0.5, 0.6) is 0 Å². The number of carbonyl (C=O) groups excluding carboxylic acids is 2. The number of imide groups is 1. The van der Waals surface area contributed by atoms with Crippen molar-refractivity contribution in [1.82, 2.24) is 4.90 Å². The number of likely N-dealkylation sites (N-methyl/N-ethyl adjacent to an activating group) is 1. The summed E-state index contributed by atoms with van der Waals surface area (Å²) in [5, 5.41) is 10.5. The SMILES string of the molecule is C[N+]1(C)CCN(c2ccc3c4c(cccc24)C(=O)N(CCCC(=O)O)C3=O)CC1. The van der Waals surface area contributed by atoms with E-state index < -0.39 is 5.97 Å². The van der Waals surface area contributed by atoms with E-state index in [1.807, 2.05) is 24.3 Å². The van der Waals surface area contributed by atoms with Gasteiger partial charge in [-0.25, -0.2) is 0 Å². The fourth-order valence-corrected chi connectivity index (χ4v) is 4.25. The zero-order chi connectivity index (χ0) is 20.8. The number of benzene rings is 2. The lowest BCUT2D eigenvalue weighted by Crippen LogP contribution is -2.55. The second kappa shape index (κ2) is 7.15. The Kier molecular flexibility index (Phi) is 4.78. The first-order valence-electron chi connectivity index (χ1n) is 9.99. The van der Waals surface area contributed by atoms with Gasteiger partial charge in [-0.3, -0.25) is 19.3 Å². The number of quaternary nitrogens is 1. The van der Waals surface area contributed by atoms with E-state index in [-0.39, 0.29) is 31.2 Å². The van der Waals surface area contributed by atoms with Gasteiger partial charge in [0, 0.05) is 40.6 Å². The van der Waals surface area contributed by atoms with Gasteiger partial charge < -0.3 is 14.5 Å². The minimum absolute atomic E-state index is 0.0725. The molecular weight excluding hydrogens is 370 g/mol. The number of amides is 2. The van der Waals surface area contributed by atoms with E-state index in [1.54, 1.807) is 6.07 Å². The molecule has 7 heteroatoms. The highest BCUT2D eigenvalue weighted by atomic mass is 16.4. The molecule has 0 spiro atoms. The Balaban J connectivity index is 1.71. The summed E-state index contributed by atoms with van der Waals surface area (Å²) in [6.45, 7) is 4.04. The Hall–Kier alpha value is -2.93. The van der Waals surface area contributed by atoms with Gasteiger partial charge in [-0.05, 0) is 24.6 Å². The molecule has 2 aromatic carbocycles. The zero-order valence-corrected chi connectivity index (χ0v) is 16.9. The number of rotatable bonds is 5. The molecule has 2 aliphatic heterocycles. The molecule has 1 fully saturated rings. The number of nitrogens with zero attached hydrogens (tertiary/aromatic N) is 3. The molecule has 7 nitrogen and oxygen atoms in total. The smallest absolute Gasteiger partial charge is 0.303 e. The van der Waals surface area contributed by atoms with Gasteiger partial charge >= 0.3 is 5.97 Å². The van der Waals surface area contributed by atoms with Crippen LogP contribution in [0.25, 0.3) is 10.8 Å². The summed E-state index contributed by atoms with van der Waals surface area (Å²) in [5.41, 5.74) is 2.09. The molecule has 0 bridgehead atoms. The van der Waals surface area contributed by atoms with Crippen LogP contribution in [0.15, 0.2) is 30.3 Å². The standard InChI is InChI=1S/C22H25N3O4/c1-25(2)13-11-23(12-14-25)18-9-8-17-20-15(18)5-3-6-16(20)21(28)24(22(17)29)10-4-7-19(26)27/h3,5-6,8-9H,4,7,10-14H2,1-2H3/p+1. The molecule has 1 N–H and O–H groups in total. The van der Waals surface area contributed by atoms with E-state index >= 15 is 0 Å². The topological polar surface area (TPSA) is 77.9 Å². The second-order valence-electron chi connectivity index (χ2n) is 8.49. The average Bonchev–Trinajstić information content (AvgIpc) is 2.68. The molecule has 0 unspecified atom stereocenters. The minimum atomic E-state index is -0.933. The lowest BCUT2D eigenvalue weighted by atomic mass is 9.92. The van der Waals surface area contributed by atoms with Crippen LogP contribution < -0.4 is 4.90 Å². The van der Waals surface area contributed by atoms with Crippen molar-refractivity contribution in [3.63, 3.8) is 0 Å². The summed E-state index contributed by atoms with van der Waals surface area (Å²) >= 11 is 0. The van der Waals surface area contributed by atoms with E-state index in [0.29, 0.717) is 16.5 Å². The number of carbonyl (C=O) groups is 3. The molecule has 0 aromatic heterocycles. The summed E-state index contributed by atoms with van der Waals surface area (Å²) in [4.78, 5) is 40.3. The van der Waals surface area contributed by atoms with Crippen molar-refractivity contribution in [3.8, 4) is 0 Å². The van der Waals surface area contributed by atoms with Crippen LogP contribution in [-0.2, 0) is 4.79 Å². The van der Waals surface area contributed by atoms with Crippen molar-refractivity contribution in [3.05, 3.63) is 41.5 Å². The first-order chi connectivity index (χ1) is 13.8. The molecule has 0 saturated carbocycles. The molecule has 152 valence electrons. The predicted molar refractivity (Wildman–Crippen MR) is 110 cm³/mol. The van der Waals surface area contributed by atoms with E-state index in [0.717, 1.165) is 41.7 Å². The number of hydrogen-bond donors (Lipinski definition) is 1. The summed E-state index contributed by atoms with van der Waals surface area (Å²) in [6, 6.07) is 9.39. The second-order valence-corrected chi connectivity index (χ2v) is 8.49. The van der Waals surface area contributed by atoms with Gasteiger partial charge in [-0.15, -0.1) is 0 Å². The van der Waals surface area contributed by atoms with E-state index in [1.165, 1.54) is 4.90 Å². The number of hydrogen-bond acceptors (Lipinski definition) is 4. The third-order valence-corrected chi connectivity index (χ3v) is 6.03. The van der Waals surface area contributed by atoms with Crippen molar-refractivity contribution in [2.24, 2.45) is 0 Å². The Morgan fingerprint density at radius 2 is 1.69 bits per heavy atom. The van der Waals surface area contributed by atoms with Crippen LogP contribution in [0.2, 0.25) is 0 Å². The van der Waals surface area contributed by atoms with Crippen LogP contribution in [0, 0.1) is 0 Å². The van der Waals surface area contributed by atoms with Gasteiger partial charge in [-0.2, -0.15) is 0 Å². The third kappa shape index (κ3) is 3.46. The summed E-state index contributed by atoms with van der Waals surface area (Å²) in [6.07, 6.45) is 0.175. The van der Waals surface area contributed by atoms with Crippen LogP contribution in [0.3, 0.4) is 0 Å². The predicted octanol–water partition coefficient (Wildman–Crippen LogP) is 2.20. The lowest BCUT2D eigenvalue weighted by molar-refractivity contribution is -0.890. The molecule has 4 rings (SSSR count). The fraction of sp³-hybridized carbons (Fsp3) is 0.409. The summed E-state index contributed by atoms with van der Waals surface area (Å²) < 4.78 is 0.986. The normalized spacial score (nSPS) is 18.4. The highest BCUT2D eigenvalue weighted by molar-refractivity contribution is 6.26. The largest absolute Gasteiger partial charge is 0.481 e. The molecule has 2 aromatic rings. The first-order valence-corrected chi connectivity index (χ1v) is 9.99. The molecule has 2 heterocycles. The molecule has 0 aliphatic carbocycles. The molecule has 0 atom stereocenters. The van der Waals surface area contributed by atoms with Crippen LogP contribution >= 0.6 is 0 Å². The van der Waals surface area contributed by atoms with Crippen LogP contribution in [-0.4, -0.2) is 79.1 Å². The van der Waals surface area contributed by atoms with Gasteiger partial charge in [0.25, 0.3) is 11.8 Å². The Morgan fingerprint density at radius 1 is 1.03 bits per heavy atom. The summed E-state index contributed by atoms with van der Waals surface area (Å²) in [5.74, 6) is -1.61. The Morgan fingerprint density at radius 3 is 2.34 bits per heavy atom. The molecular formula is C22H26N3O4+. The maximum Gasteiger partial charge on any atom is 0.303 e. The van der Waals surface area contributed by atoms with Gasteiger partial charge in [0.05, 0.1) is 40.3 Å². The minimum Gasteiger partial charge on any atom is -0.481 e. The van der Waals surface area contributed by atoms with Gasteiger partial charge in [0.15, 0.2) is 0 Å². The highest BCUT2D eigenvalue weighted by Gasteiger charge is 2.34. The first kappa shape index (κ1) is 19.4. The quantitative estimate of drug-likeness (QED) is 0.619. The fourth-order valence-electron chi connectivity index (χ4n) is 4.25. The number of aliphatic carboxylic acids is 1. The average molecular weight is 396 g/mol. The third-order valence-electron chi connectivity index (χ3n) is 6.03. The molecule has 1 saturated heterocycles. The van der Waals surface area contributed by atoms with Crippen molar-refractivity contribution in [1.29, 1.82) is 0 Å². The van der Waals surface area contributed by atoms with E-state index in [4.69, 9.17) is 5.11 Å². The number of piperazine rings is 1. The maximum absolute atomic E-state index is 13.0. The Labute approximate surface area is 169 Å². The highest BCUT2D eigenvalue weighted by Crippen LogP contribution is 2.36. The molecule has 0 radical (unpaired) electrons. The van der Waals surface area contributed by atoms with Crippen molar-refractivity contribution in [2.45, 2.75) is 12.8 Å². The maximum atomic E-state index is 13.0. The monoisotopic (exact) mass is 396 g/mol. The van der Waals surface area contributed by atoms with Crippen molar-refractivity contribution >= 4 is 34.2 Å². The zero-order valence-electron chi connectivity index (χ0n) is 16.9. The van der Waals surface area contributed by atoms with Gasteiger partial charge in [0.2, 0.25) is 0 Å². The molecule has 2 amide bonds. The van der Waals surface area contributed by atoms with Crippen molar-refractivity contribution < 1.29 is 24.0 Å². The lowest BCUT2D eigenvalue weighted by Gasteiger charge is -2.40. The number of carboxylic acid groups (broad SMARTS) is 1. The van der Waals surface area contributed by atoms with Gasteiger partial charge in [-0.1, -0.05) is 12.1 Å². The number of carboxylic acids is 1. The molecule has 29 heavy (non-hydrogen) atoms. The number of anilines is 1. The Bertz CT molecular complexity index is 982.